The molecule has 5 heteroatoms. The molecule has 5 aromatic rings. The van der Waals surface area contributed by atoms with Gasteiger partial charge in [0.2, 0.25) is 5.69 Å². The van der Waals surface area contributed by atoms with Crippen molar-refractivity contribution in [3.05, 3.63) is 78.0 Å². The maximum Gasteiger partial charge on any atom is 0.531 e. The van der Waals surface area contributed by atoms with E-state index in [2.05, 4.69) is 71.0 Å². The maximum absolute atomic E-state index is 6.62. The summed E-state index contributed by atoms with van der Waals surface area (Å²) in [5.74, 6) is 0.914. The van der Waals surface area contributed by atoms with E-state index in [0.29, 0.717) is 0 Å². The monoisotopic (exact) mass is 387 g/mol. The summed E-state index contributed by atoms with van der Waals surface area (Å²) in [6.45, 7) is 3.08. The third-order valence-electron chi connectivity index (χ3n) is 6.73. The number of benzene rings is 3. The number of aromatic nitrogens is 1. The zero-order valence-electron chi connectivity index (χ0n) is 16.3. The first-order chi connectivity index (χ1) is 14.8. The summed E-state index contributed by atoms with van der Waals surface area (Å²) in [6.07, 6.45) is 2.25. The van der Waals surface area contributed by atoms with Crippen molar-refractivity contribution < 1.29 is 13.6 Å². The molecule has 3 aromatic carbocycles. The van der Waals surface area contributed by atoms with Crippen LogP contribution in [-0.2, 0) is 6.54 Å². The van der Waals surface area contributed by atoms with Crippen molar-refractivity contribution in [3.63, 3.8) is 0 Å². The van der Waals surface area contributed by atoms with E-state index in [1.165, 1.54) is 33.5 Å². The highest BCUT2D eigenvalue weighted by atomic mass is 16.5. The van der Waals surface area contributed by atoms with Gasteiger partial charge in [-0.1, -0.05) is 30.3 Å². The molecule has 0 aliphatic carbocycles. The number of nitrogens with zero attached hydrogens (tertiary/aromatic N) is 2. The number of furan rings is 1. The van der Waals surface area contributed by atoms with Crippen molar-refractivity contribution in [3.8, 4) is 17.0 Å². The number of pyridine rings is 1. The van der Waals surface area contributed by atoms with E-state index in [9.17, 15) is 0 Å². The second-order valence-corrected chi connectivity index (χ2v) is 8.52. The van der Waals surface area contributed by atoms with Crippen molar-refractivity contribution in [1.29, 1.82) is 0 Å². The fourth-order valence-corrected chi connectivity index (χ4v) is 5.59. The van der Waals surface area contributed by atoms with Crippen LogP contribution in [-0.4, -0.2) is 7.05 Å². The van der Waals surface area contributed by atoms with Crippen LogP contribution in [0.4, 0.5) is 11.4 Å². The molecule has 4 nitrogen and oxygen atoms in total. The van der Waals surface area contributed by atoms with Crippen LogP contribution >= 0.6 is 0 Å². The Balaban J connectivity index is 1.45. The Hall–Kier alpha value is -3.73. The van der Waals surface area contributed by atoms with Crippen LogP contribution in [0.2, 0.25) is 0 Å². The topological polar surface area (TPSA) is 29.5 Å². The lowest BCUT2D eigenvalue weighted by atomic mass is 9.66. The van der Waals surface area contributed by atoms with Crippen molar-refractivity contribution >= 4 is 45.8 Å². The number of hydrogen-bond donors (Lipinski definition) is 0. The highest BCUT2D eigenvalue weighted by Crippen LogP contribution is 2.50. The lowest BCUT2D eigenvalue weighted by Gasteiger charge is -2.28. The maximum atomic E-state index is 6.62. The third kappa shape index (κ3) is 1.65. The summed E-state index contributed by atoms with van der Waals surface area (Å²) in [5.41, 5.74) is 10.6. The Morgan fingerprint density at radius 2 is 1.87 bits per heavy atom. The molecule has 0 spiro atoms. The lowest BCUT2D eigenvalue weighted by molar-refractivity contribution is -0.671. The van der Waals surface area contributed by atoms with E-state index in [0.717, 1.165) is 39.9 Å². The Labute approximate surface area is 173 Å². The molecule has 0 radical (unpaired) electrons. The minimum atomic E-state index is -0.153. The first kappa shape index (κ1) is 15.2. The van der Waals surface area contributed by atoms with Crippen LogP contribution in [0.5, 0.6) is 5.75 Å². The van der Waals surface area contributed by atoms with Gasteiger partial charge in [0.25, 0.3) is 0 Å². The summed E-state index contributed by atoms with van der Waals surface area (Å²) in [7, 11) is -0.153. The summed E-state index contributed by atoms with van der Waals surface area (Å²) >= 11 is 0. The molecule has 0 saturated heterocycles. The molecular weight excluding hydrogens is 371 g/mol. The molecule has 0 unspecified atom stereocenters. The quantitative estimate of drug-likeness (QED) is 0.285. The molecule has 2 aromatic heterocycles. The second kappa shape index (κ2) is 4.87. The van der Waals surface area contributed by atoms with Gasteiger partial charge in [0.1, 0.15) is 16.9 Å². The molecule has 8 rings (SSSR count). The normalized spacial score (nSPS) is 14.8. The molecule has 5 heterocycles. The zero-order valence-corrected chi connectivity index (χ0v) is 16.3. The number of fused-ring (bicyclic) bond motifs is 8. The summed E-state index contributed by atoms with van der Waals surface area (Å²) < 4.78 is 15.2. The van der Waals surface area contributed by atoms with Crippen molar-refractivity contribution in [2.75, 3.05) is 4.81 Å². The molecule has 0 atom stereocenters. The van der Waals surface area contributed by atoms with Crippen LogP contribution in [0.15, 0.2) is 71.3 Å². The van der Waals surface area contributed by atoms with Gasteiger partial charge in [-0.3, -0.25) is 0 Å². The fourth-order valence-electron chi connectivity index (χ4n) is 5.59. The average Bonchev–Trinajstić information content (AvgIpc) is 3.41. The first-order valence-corrected chi connectivity index (χ1v) is 10.3. The molecule has 30 heavy (non-hydrogen) atoms. The standard InChI is InChI=1S/C25H16BN2O2/c1-14-9-18-25-24-15(13-27(25)12-14)5-4-7-19(24)28-20-11-22-17(10-23(20)30-26(18)28)16-6-2-3-8-21(16)29-22/h2-12H,13H2,1H3/q+1. The lowest BCUT2D eigenvalue weighted by Crippen LogP contribution is -2.54. The van der Waals surface area contributed by atoms with E-state index in [4.69, 9.17) is 9.07 Å². The number of aryl methyl sites for hydroxylation is 1. The predicted octanol–water partition coefficient (Wildman–Crippen LogP) is 4.45. The van der Waals surface area contributed by atoms with Crippen molar-refractivity contribution in [2.24, 2.45) is 0 Å². The summed E-state index contributed by atoms with van der Waals surface area (Å²) in [6, 6.07) is 21.4. The molecule has 3 aliphatic rings. The van der Waals surface area contributed by atoms with Gasteiger partial charge in [-0.15, -0.1) is 0 Å². The van der Waals surface area contributed by atoms with Gasteiger partial charge >= 0.3 is 7.05 Å². The third-order valence-corrected chi connectivity index (χ3v) is 6.73. The Morgan fingerprint density at radius 1 is 0.933 bits per heavy atom. The van der Waals surface area contributed by atoms with Gasteiger partial charge in [-0.2, -0.15) is 4.57 Å². The zero-order chi connectivity index (χ0) is 19.6. The van der Waals surface area contributed by atoms with Crippen LogP contribution in [0, 0.1) is 6.92 Å². The van der Waals surface area contributed by atoms with Gasteiger partial charge in [-0.05, 0) is 31.2 Å². The molecule has 0 N–H and O–H groups in total. The summed E-state index contributed by atoms with van der Waals surface area (Å²) in [4.78, 5) is 2.35. The van der Waals surface area contributed by atoms with Crippen molar-refractivity contribution in [1.82, 2.24) is 0 Å². The SMILES string of the molecule is Cc1cc2c3[n+](c1)Cc1cccc(c1-3)N1B2Oc2cc3c(cc21)oc1ccccc13. The molecule has 140 valence electrons. The molecule has 0 saturated carbocycles. The van der Waals surface area contributed by atoms with Gasteiger partial charge in [0, 0.05) is 33.7 Å². The van der Waals surface area contributed by atoms with Gasteiger partial charge in [0.15, 0.2) is 12.7 Å². The van der Waals surface area contributed by atoms with Crippen LogP contribution in [0.25, 0.3) is 33.2 Å². The minimum absolute atomic E-state index is 0.153. The Morgan fingerprint density at radius 3 is 2.83 bits per heavy atom. The van der Waals surface area contributed by atoms with E-state index in [1.54, 1.807) is 0 Å². The second-order valence-electron chi connectivity index (χ2n) is 8.52. The predicted molar refractivity (Wildman–Crippen MR) is 118 cm³/mol. The molecule has 0 fully saturated rings. The van der Waals surface area contributed by atoms with E-state index in [1.807, 2.05) is 12.1 Å². The van der Waals surface area contributed by atoms with Crippen LogP contribution in [0.1, 0.15) is 11.1 Å². The highest BCUT2D eigenvalue weighted by Gasteiger charge is 2.51. The Kier molecular flexibility index (Phi) is 2.46. The van der Waals surface area contributed by atoms with E-state index in [-0.39, 0.29) is 7.05 Å². The Bertz CT molecular complexity index is 1590. The molecule has 3 aliphatic heterocycles. The fraction of sp³-hybridized carbons (Fsp3) is 0.0800. The van der Waals surface area contributed by atoms with Crippen LogP contribution in [0.3, 0.4) is 0 Å². The highest BCUT2D eigenvalue weighted by molar-refractivity contribution is 6.77. The molecule has 0 amide bonds. The van der Waals surface area contributed by atoms with E-state index < -0.39 is 0 Å². The molecular formula is C25H16BN2O2+. The van der Waals surface area contributed by atoms with Gasteiger partial charge in [0.05, 0.1) is 16.7 Å². The number of rotatable bonds is 0. The molecule has 0 bridgehead atoms. The largest absolute Gasteiger partial charge is 0.536 e. The smallest absolute Gasteiger partial charge is 0.531 e. The number of hydrogen-bond acceptors (Lipinski definition) is 3. The number of anilines is 2. The minimum Gasteiger partial charge on any atom is -0.536 e. The van der Waals surface area contributed by atoms with Gasteiger partial charge < -0.3 is 13.9 Å². The van der Waals surface area contributed by atoms with Gasteiger partial charge in [-0.25, -0.2) is 0 Å². The van der Waals surface area contributed by atoms with Crippen LogP contribution < -0.4 is 19.5 Å². The summed E-state index contributed by atoms with van der Waals surface area (Å²) in [5, 5.41) is 2.23. The average molecular weight is 387 g/mol. The first-order valence-electron chi connectivity index (χ1n) is 10.3. The van der Waals surface area contributed by atoms with Crippen molar-refractivity contribution in [2.45, 2.75) is 13.5 Å². The number of para-hydroxylation sites is 1. The van der Waals surface area contributed by atoms with E-state index >= 15 is 0 Å².